The molecule has 0 heterocycles. The van der Waals surface area contributed by atoms with Crippen molar-refractivity contribution in [2.24, 2.45) is 17.8 Å². The van der Waals surface area contributed by atoms with Crippen LogP contribution in [-0.2, 0) is 14.3 Å². The standard InChI is InChI=1S/C19H32N2O3/c1-5-6-7-15-8-10-16(11-9-15)18(23)24-12-17(22)21-19(4,13-20)14(2)3/h14-16H,5-12H2,1-4H3,(H,21,22)/t15?,16?,19-/m0/s1. The van der Waals surface area contributed by atoms with Gasteiger partial charge >= 0.3 is 5.97 Å². The van der Waals surface area contributed by atoms with E-state index in [1.54, 1.807) is 6.92 Å². The molecule has 24 heavy (non-hydrogen) atoms. The van der Waals surface area contributed by atoms with E-state index in [4.69, 9.17) is 4.74 Å². The van der Waals surface area contributed by atoms with E-state index in [1.807, 2.05) is 13.8 Å². The molecule has 1 amide bonds. The molecule has 0 aromatic rings. The molecule has 0 aromatic heterocycles. The van der Waals surface area contributed by atoms with E-state index in [9.17, 15) is 14.9 Å². The van der Waals surface area contributed by atoms with Gasteiger partial charge in [0.25, 0.3) is 5.91 Å². The number of carbonyl (C=O) groups is 2. The molecule has 136 valence electrons. The number of unbranched alkanes of at least 4 members (excludes halogenated alkanes) is 1. The Hall–Kier alpha value is -1.57. The molecule has 1 N–H and O–H groups in total. The Morgan fingerprint density at radius 3 is 2.42 bits per heavy atom. The predicted molar refractivity (Wildman–Crippen MR) is 92.9 cm³/mol. The molecule has 0 bridgehead atoms. The molecule has 0 spiro atoms. The number of nitrogens with zero attached hydrogens (tertiary/aromatic N) is 1. The zero-order valence-electron chi connectivity index (χ0n) is 15.6. The van der Waals surface area contributed by atoms with Crippen LogP contribution in [0.25, 0.3) is 0 Å². The van der Waals surface area contributed by atoms with Crippen molar-refractivity contribution in [1.82, 2.24) is 5.32 Å². The summed E-state index contributed by atoms with van der Waals surface area (Å²) in [4.78, 5) is 24.1. The largest absolute Gasteiger partial charge is 0.455 e. The second kappa shape index (κ2) is 9.66. The lowest BCUT2D eigenvalue weighted by atomic mass is 9.80. The van der Waals surface area contributed by atoms with Gasteiger partial charge in [0.05, 0.1) is 12.0 Å². The van der Waals surface area contributed by atoms with Gasteiger partial charge in [-0.3, -0.25) is 9.59 Å². The van der Waals surface area contributed by atoms with E-state index in [-0.39, 0.29) is 24.4 Å². The molecule has 0 saturated heterocycles. The highest BCUT2D eigenvalue weighted by atomic mass is 16.5. The monoisotopic (exact) mass is 336 g/mol. The zero-order chi connectivity index (χ0) is 18.2. The van der Waals surface area contributed by atoms with E-state index < -0.39 is 11.4 Å². The average Bonchev–Trinajstić information content (AvgIpc) is 2.58. The van der Waals surface area contributed by atoms with Gasteiger partial charge in [0.2, 0.25) is 0 Å². The number of hydrogen-bond donors (Lipinski definition) is 1. The summed E-state index contributed by atoms with van der Waals surface area (Å²) >= 11 is 0. The van der Waals surface area contributed by atoms with Crippen LogP contribution in [0.1, 0.15) is 72.6 Å². The van der Waals surface area contributed by atoms with Gasteiger partial charge < -0.3 is 10.1 Å². The number of carbonyl (C=O) groups excluding carboxylic acids is 2. The number of rotatable bonds is 8. The van der Waals surface area contributed by atoms with Gasteiger partial charge in [-0.1, -0.05) is 40.0 Å². The maximum absolute atomic E-state index is 12.1. The molecule has 1 fully saturated rings. The van der Waals surface area contributed by atoms with Crippen molar-refractivity contribution in [1.29, 1.82) is 5.26 Å². The molecule has 5 nitrogen and oxygen atoms in total. The Labute approximate surface area is 146 Å². The summed E-state index contributed by atoms with van der Waals surface area (Å²) in [6, 6.07) is 2.11. The SMILES string of the molecule is CCCCC1CCC(C(=O)OCC(=O)N[C@@](C)(C#N)C(C)C)CC1. The topological polar surface area (TPSA) is 79.2 Å². The van der Waals surface area contributed by atoms with Crippen LogP contribution in [0, 0.1) is 29.1 Å². The first-order valence-corrected chi connectivity index (χ1v) is 9.21. The van der Waals surface area contributed by atoms with Crippen LogP contribution in [0.3, 0.4) is 0 Å². The number of hydrogen-bond acceptors (Lipinski definition) is 4. The lowest BCUT2D eigenvalue weighted by molar-refractivity contribution is -0.154. The number of nitrogens with one attached hydrogen (secondary N) is 1. The fraction of sp³-hybridized carbons (Fsp3) is 0.842. The summed E-state index contributed by atoms with van der Waals surface area (Å²) in [7, 11) is 0. The first-order chi connectivity index (χ1) is 11.3. The first-order valence-electron chi connectivity index (χ1n) is 9.21. The van der Waals surface area contributed by atoms with Crippen molar-refractivity contribution in [3.63, 3.8) is 0 Å². The maximum Gasteiger partial charge on any atom is 0.309 e. The highest BCUT2D eigenvalue weighted by Crippen LogP contribution is 2.32. The third kappa shape index (κ3) is 6.14. The van der Waals surface area contributed by atoms with Crippen LogP contribution in [0.15, 0.2) is 0 Å². The summed E-state index contributed by atoms with van der Waals surface area (Å²) in [5, 5.41) is 11.9. The number of amides is 1. The van der Waals surface area contributed by atoms with Crippen LogP contribution >= 0.6 is 0 Å². The smallest absolute Gasteiger partial charge is 0.309 e. The molecule has 0 aromatic carbocycles. The van der Waals surface area contributed by atoms with Gasteiger partial charge in [-0.05, 0) is 44.4 Å². The molecule has 0 radical (unpaired) electrons. The normalized spacial score (nSPS) is 23.2. The van der Waals surface area contributed by atoms with Crippen LogP contribution < -0.4 is 5.32 Å². The summed E-state index contributed by atoms with van der Waals surface area (Å²) in [6.45, 7) is 7.30. The summed E-state index contributed by atoms with van der Waals surface area (Å²) in [5.41, 5.74) is -0.944. The number of esters is 1. The lowest BCUT2D eigenvalue weighted by Crippen LogP contribution is -2.50. The maximum atomic E-state index is 12.1. The average molecular weight is 336 g/mol. The van der Waals surface area contributed by atoms with Crippen LogP contribution in [0.4, 0.5) is 0 Å². The highest BCUT2D eigenvalue weighted by Gasteiger charge is 2.31. The molecule has 1 atom stereocenters. The van der Waals surface area contributed by atoms with Crippen LogP contribution in [-0.4, -0.2) is 24.0 Å². The van der Waals surface area contributed by atoms with Crippen molar-refractivity contribution in [3.05, 3.63) is 0 Å². The summed E-state index contributed by atoms with van der Waals surface area (Å²) in [5.74, 6) is -0.0663. The Kier molecular flexibility index (Phi) is 8.24. The zero-order valence-corrected chi connectivity index (χ0v) is 15.6. The second-order valence-corrected chi connectivity index (χ2v) is 7.48. The lowest BCUT2D eigenvalue weighted by Gasteiger charge is -2.28. The van der Waals surface area contributed by atoms with Crippen LogP contribution in [0.5, 0.6) is 0 Å². The summed E-state index contributed by atoms with van der Waals surface area (Å²) in [6.07, 6.45) is 7.59. The molecule has 5 heteroatoms. The van der Waals surface area contributed by atoms with Crippen molar-refractivity contribution in [2.75, 3.05) is 6.61 Å². The third-order valence-corrected chi connectivity index (χ3v) is 5.28. The molecule has 1 saturated carbocycles. The Balaban J connectivity index is 2.34. The van der Waals surface area contributed by atoms with Gasteiger partial charge in [0, 0.05) is 0 Å². The third-order valence-electron chi connectivity index (χ3n) is 5.28. The fourth-order valence-electron chi connectivity index (χ4n) is 3.06. The Bertz CT molecular complexity index is 462. The van der Waals surface area contributed by atoms with Crippen molar-refractivity contribution in [3.8, 4) is 6.07 Å². The molecule has 1 aliphatic rings. The predicted octanol–water partition coefficient (Wildman–Crippen LogP) is 3.58. The second-order valence-electron chi connectivity index (χ2n) is 7.48. The Morgan fingerprint density at radius 2 is 1.92 bits per heavy atom. The molecule has 0 unspecified atom stereocenters. The van der Waals surface area contributed by atoms with Gasteiger partial charge in [-0.15, -0.1) is 0 Å². The highest BCUT2D eigenvalue weighted by molar-refractivity contribution is 5.82. The number of ether oxygens (including phenoxy) is 1. The van der Waals surface area contributed by atoms with E-state index in [0.29, 0.717) is 0 Å². The van der Waals surface area contributed by atoms with Crippen LogP contribution in [0.2, 0.25) is 0 Å². The quantitative estimate of drug-likeness (QED) is 0.687. The van der Waals surface area contributed by atoms with Gasteiger partial charge in [0.1, 0.15) is 5.54 Å². The minimum absolute atomic E-state index is 0.0273. The van der Waals surface area contributed by atoms with E-state index >= 15 is 0 Å². The van der Waals surface area contributed by atoms with Crippen molar-refractivity contribution in [2.45, 2.75) is 78.2 Å². The first kappa shape index (κ1) is 20.5. The van der Waals surface area contributed by atoms with E-state index in [1.165, 1.54) is 19.3 Å². The van der Waals surface area contributed by atoms with E-state index in [2.05, 4.69) is 18.3 Å². The van der Waals surface area contributed by atoms with Crippen molar-refractivity contribution >= 4 is 11.9 Å². The molecule has 0 aliphatic heterocycles. The Morgan fingerprint density at radius 1 is 1.29 bits per heavy atom. The molecular weight excluding hydrogens is 304 g/mol. The molecule has 1 rings (SSSR count). The van der Waals surface area contributed by atoms with E-state index in [0.717, 1.165) is 31.6 Å². The molecular formula is C19H32N2O3. The minimum atomic E-state index is -0.944. The van der Waals surface area contributed by atoms with Gasteiger partial charge in [-0.2, -0.15) is 5.26 Å². The van der Waals surface area contributed by atoms with Gasteiger partial charge in [0.15, 0.2) is 6.61 Å². The molecule has 1 aliphatic carbocycles. The summed E-state index contributed by atoms with van der Waals surface area (Å²) < 4.78 is 5.17. The number of nitriles is 1. The minimum Gasteiger partial charge on any atom is -0.455 e. The van der Waals surface area contributed by atoms with Gasteiger partial charge in [-0.25, -0.2) is 0 Å². The fourth-order valence-corrected chi connectivity index (χ4v) is 3.06. The van der Waals surface area contributed by atoms with Crippen molar-refractivity contribution < 1.29 is 14.3 Å².